The van der Waals surface area contributed by atoms with Gasteiger partial charge in [-0.1, -0.05) is 19.3 Å². The third-order valence-electron chi connectivity index (χ3n) is 4.93. The number of carbonyl (C=O) groups excluding carboxylic acids is 1. The van der Waals surface area contributed by atoms with E-state index in [9.17, 15) is 13.2 Å². The highest BCUT2D eigenvalue weighted by Crippen LogP contribution is 2.25. The third kappa shape index (κ3) is 5.03. The van der Waals surface area contributed by atoms with E-state index in [0.717, 1.165) is 38.5 Å². The van der Waals surface area contributed by atoms with E-state index in [4.69, 9.17) is 4.74 Å². The summed E-state index contributed by atoms with van der Waals surface area (Å²) in [6.07, 6.45) is 7.10. The summed E-state index contributed by atoms with van der Waals surface area (Å²) in [5.41, 5.74) is 0.633. The van der Waals surface area contributed by atoms with Gasteiger partial charge in [0, 0.05) is 24.8 Å². The molecule has 1 aromatic rings. The van der Waals surface area contributed by atoms with Crippen LogP contribution in [0, 0.1) is 5.92 Å². The maximum absolute atomic E-state index is 12.3. The van der Waals surface area contributed by atoms with Crippen LogP contribution in [0.3, 0.4) is 0 Å². The number of rotatable bonds is 6. The van der Waals surface area contributed by atoms with Crippen molar-refractivity contribution in [1.82, 2.24) is 4.72 Å². The predicted octanol–water partition coefficient (Wildman–Crippen LogP) is 2.66. The lowest BCUT2D eigenvalue weighted by molar-refractivity contribution is -0.120. The zero-order valence-corrected chi connectivity index (χ0v) is 15.2. The maximum atomic E-state index is 12.3. The summed E-state index contributed by atoms with van der Waals surface area (Å²) in [4.78, 5) is 12.4. The Balaban J connectivity index is 1.56. The van der Waals surface area contributed by atoms with E-state index in [1.165, 1.54) is 18.6 Å². The van der Waals surface area contributed by atoms with Gasteiger partial charge in [0.25, 0.3) is 0 Å². The van der Waals surface area contributed by atoms with E-state index in [2.05, 4.69) is 10.0 Å². The minimum absolute atomic E-state index is 0.0341. The zero-order chi connectivity index (χ0) is 17.7. The average molecular weight is 366 g/mol. The van der Waals surface area contributed by atoms with Gasteiger partial charge < -0.3 is 10.1 Å². The van der Waals surface area contributed by atoms with Crippen molar-refractivity contribution in [3.63, 3.8) is 0 Å². The first-order chi connectivity index (χ1) is 12.0. The van der Waals surface area contributed by atoms with Crippen LogP contribution in [0.15, 0.2) is 29.2 Å². The quantitative estimate of drug-likeness (QED) is 0.811. The van der Waals surface area contributed by atoms with Gasteiger partial charge in [0.2, 0.25) is 15.9 Å². The molecule has 2 aliphatic rings. The van der Waals surface area contributed by atoms with E-state index in [1.807, 2.05) is 0 Å². The normalized spacial score (nSPS) is 22.0. The molecule has 2 N–H and O–H groups in total. The fourth-order valence-corrected chi connectivity index (χ4v) is 4.48. The van der Waals surface area contributed by atoms with E-state index in [0.29, 0.717) is 18.8 Å². The van der Waals surface area contributed by atoms with Crippen molar-refractivity contribution < 1.29 is 17.9 Å². The van der Waals surface area contributed by atoms with Crippen LogP contribution >= 0.6 is 0 Å². The molecule has 1 saturated heterocycles. The molecule has 25 heavy (non-hydrogen) atoms. The minimum Gasteiger partial charge on any atom is -0.377 e. The number of ether oxygens (including phenoxy) is 1. The standard InChI is InChI=1S/C18H26N2O4S/c21-18(14-5-2-1-3-6-14)20-15-8-10-17(11-9-15)25(22,23)19-13-16-7-4-12-24-16/h8-11,14,16,19H,1-7,12-13H2,(H,20,21). The molecule has 6 nitrogen and oxygen atoms in total. The Morgan fingerprint density at radius 3 is 2.40 bits per heavy atom. The Morgan fingerprint density at radius 2 is 1.76 bits per heavy atom. The molecule has 1 amide bonds. The van der Waals surface area contributed by atoms with Gasteiger partial charge in [0.15, 0.2) is 0 Å². The number of sulfonamides is 1. The molecule has 1 saturated carbocycles. The van der Waals surface area contributed by atoms with Gasteiger partial charge in [-0.05, 0) is 49.9 Å². The molecule has 7 heteroatoms. The number of hydrogen-bond acceptors (Lipinski definition) is 4. The van der Waals surface area contributed by atoms with Crippen molar-refractivity contribution in [2.45, 2.75) is 55.9 Å². The topological polar surface area (TPSA) is 84.5 Å². The maximum Gasteiger partial charge on any atom is 0.240 e. The lowest BCUT2D eigenvalue weighted by Gasteiger charge is -2.20. The molecule has 0 radical (unpaired) electrons. The zero-order valence-electron chi connectivity index (χ0n) is 14.4. The summed E-state index contributed by atoms with van der Waals surface area (Å²) in [6, 6.07) is 6.32. The van der Waals surface area contributed by atoms with Crippen molar-refractivity contribution >= 4 is 21.6 Å². The molecule has 1 heterocycles. The number of amides is 1. The lowest BCUT2D eigenvalue weighted by atomic mass is 9.88. The van der Waals surface area contributed by atoms with Gasteiger partial charge in [-0.2, -0.15) is 0 Å². The van der Waals surface area contributed by atoms with E-state index >= 15 is 0 Å². The van der Waals surface area contributed by atoms with Crippen LogP contribution in [0.1, 0.15) is 44.9 Å². The fourth-order valence-electron chi connectivity index (χ4n) is 3.42. The first kappa shape index (κ1) is 18.4. The Morgan fingerprint density at radius 1 is 1.04 bits per heavy atom. The van der Waals surface area contributed by atoms with Gasteiger partial charge in [-0.3, -0.25) is 4.79 Å². The molecule has 0 bridgehead atoms. The summed E-state index contributed by atoms with van der Waals surface area (Å²) < 4.78 is 32.7. The molecular formula is C18H26N2O4S. The van der Waals surface area contributed by atoms with Gasteiger partial charge >= 0.3 is 0 Å². The average Bonchev–Trinajstić information content (AvgIpc) is 3.15. The van der Waals surface area contributed by atoms with Crippen molar-refractivity contribution in [2.24, 2.45) is 5.92 Å². The highest BCUT2D eigenvalue weighted by molar-refractivity contribution is 7.89. The largest absolute Gasteiger partial charge is 0.377 e. The monoisotopic (exact) mass is 366 g/mol. The van der Waals surface area contributed by atoms with Crippen LogP contribution in [0.25, 0.3) is 0 Å². The fraction of sp³-hybridized carbons (Fsp3) is 0.611. The Kier molecular flexibility index (Phi) is 6.09. The summed E-state index contributed by atoms with van der Waals surface area (Å²) in [6.45, 7) is 0.990. The van der Waals surface area contributed by atoms with Crippen LogP contribution in [-0.4, -0.2) is 33.6 Å². The number of carbonyl (C=O) groups is 1. The Labute approximate surface area is 149 Å². The van der Waals surface area contributed by atoms with Crippen LogP contribution in [0.4, 0.5) is 5.69 Å². The number of benzene rings is 1. The molecule has 0 spiro atoms. The number of nitrogens with one attached hydrogen (secondary N) is 2. The van der Waals surface area contributed by atoms with E-state index in [-0.39, 0.29) is 22.8 Å². The van der Waals surface area contributed by atoms with Gasteiger partial charge in [0.1, 0.15) is 0 Å². The highest BCUT2D eigenvalue weighted by atomic mass is 32.2. The van der Waals surface area contributed by atoms with Crippen LogP contribution in [0.2, 0.25) is 0 Å². The summed E-state index contributed by atoms with van der Waals surface area (Å²) in [7, 11) is -3.56. The first-order valence-electron chi connectivity index (χ1n) is 9.07. The summed E-state index contributed by atoms with van der Waals surface area (Å²) in [5, 5.41) is 2.89. The second kappa shape index (κ2) is 8.29. The van der Waals surface area contributed by atoms with Gasteiger partial charge in [-0.25, -0.2) is 13.1 Å². The van der Waals surface area contributed by atoms with Crippen molar-refractivity contribution in [2.75, 3.05) is 18.5 Å². The number of hydrogen-bond donors (Lipinski definition) is 2. The molecule has 3 rings (SSSR count). The minimum atomic E-state index is -3.56. The summed E-state index contributed by atoms with van der Waals surface area (Å²) in [5.74, 6) is 0.108. The molecule has 1 aromatic carbocycles. The number of anilines is 1. The molecule has 1 aliphatic heterocycles. The third-order valence-corrected chi connectivity index (χ3v) is 6.37. The first-order valence-corrected chi connectivity index (χ1v) is 10.5. The van der Waals surface area contributed by atoms with Gasteiger partial charge in [0.05, 0.1) is 11.0 Å². The molecule has 2 fully saturated rings. The molecule has 1 unspecified atom stereocenters. The van der Waals surface area contributed by atoms with Crippen molar-refractivity contribution in [3.8, 4) is 0 Å². The molecule has 0 aromatic heterocycles. The molecule has 1 aliphatic carbocycles. The highest BCUT2D eigenvalue weighted by Gasteiger charge is 2.22. The van der Waals surface area contributed by atoms with Gasteiger partial charge in [-0.15, -0.1) is 0 Å². The predicted molar refractivity (Wildman–Crippen MR) is 95.8 cm³/mol. The molecule has 138 valence electrons. The second-order valence-electron chi connectivity index (χ2n) is 6.84. The van der Waals surface area contributed by atoms with Crippen LogP contribution in [0.5, 0.6) is 0 Å². The Bertz CT molecular complexity index is 676. The summed E-state index contributed by atoms with van der Waals surface area (Å²) >= 11 is 0. The molecule has 1 atom stereocenters. The van der Waals surface area contributed by atoms with Crippen LogP contribution in [-0.2, 0) is 19.6 Å². The van der Waals surface area contributed by atoms with Crippen molar-refractivity contribution in [3.05, 3.63) is 24.3 Å². The Hall–Kier alpha value is -1.44. The second-order valence-corrected chi connectivity index (χ2v) is 8.60. The SMILES string of the molecule is O=C(Nc1ccc(S(=O)(=O)NCC2CCCO2)cc1)C1CCCCC1. The van der Waals surface area contributed by atoms with E-state index in [1.54, 1.807) is 12.1 Å². The van der Waals surface area contributed by atoms with Crippen molar-refractivity contribution in [1.29, 1.82) is 0 Å². The smallest absolute Gasteiger partial charge is 0.240 e. The molecular weight excluding hydrogens is 340 g/mol. The van der Waals surface area contributed by atoms with Crippen LogP contribution < -0.4 is 10.0 Å². The van der Waals surface area contributed by atoms with E-state index < -0.39 is 10.0 Å². The lowest BCUT2D eigenvalue weighted by Crippen LogP contribution is -2.31.